The number of thiazole rings is 1. The normalized spacial score (nSPS) is 10.3. The van der Waals surface area contributed by atoms with Gasteiger partial charge in [-0.1, -0.05) is 48.5 Å². The van der Waals surface area contributed by atoms with Crippen LogP contribution in [0.1, 0.15) is 20.3 Å². The monoisotopic (exact) mass is 339 g/mol. The summed E-state index contributed by atoms with van der Waals surface area (Å²) in [6, 6.07) is 17.2. The molecule has 0 fully saturated rings. The molecule has 0 unspecified atom stereocenters. The number of rotatable bonds is 6. The SMILES string of the molecule is O=C(O)c1csc(C(=O)COc2ccccc2-c2ccccc2)n1. The van der Waals surface area contributed by atoms with Crippen LogP contribution < -0.4 is 4.74 Å². The third-order valence-electron chi connectivity index (χ3n) is 3.29. The Balaban J connectivity index is 1.75. The molecule has 0 atom stereocenters. The van der Waals surface area contributed by atoms with E-state index >= 15 is 0 Å². The zero-order valence-corrected chi connectivity index (χ0v) is 13.3. The molecule has 1 aromatic heterocycles. The van der Waals surface area contributed by atoms with Gasteiger partial charge in [0.2, 0.25) is 5.78 Å². The number of carboxylic acids is 1. The quantitative estimate of drug-likeness (QED) is 0.692. The van der Waals surface area contributed by atoms with Gasteiger partial charge >= 0.3 is 5.97 Å². The van der Waals surface area contributed by atoms with Crippen LogP contribution in [-0.4, -0.2) is 28.4 Å². The highest BCUT2D eigenvalue weighted by molar-refractivity contribution is 7.12. The molecular weight excluding hydrogens is 326 g/mol. The van der Waals surface area contributed by atoms with Crippen molar-refractivity contribution in [3.05, 3.63) is 70.7 Å². The van der Waals surface area contributed by atoms with Gasteiger partial charge in [0.1, 0.15) is 5.75 Å². The van der Waals surface area contributed by atoms with Gasteiger partial charge < -0.3 is 9.84 Å². The minimum atomic E-state index is -1.15. The zero-order chi connectivity index (χ0) is 16.9. The summed E-state index contributed by atoms with van der Waals surface area (Å²) >= 11 is 1.00. The Morgan fingerprint density at radius 2 is 1.75 bits per heavy atom. The van der Waals surface area contributed by atoms with E-state index in [0.29, 0.717) is 5.75 Å². The van der Waals surface area contributed by atoms with E-state index in [9.17, 15) is 9.59 Å². The Bertz CT molecular complexity index is 873. The maximum absolute atomic E-state index is 12.1. The molecule has 0 aliphatic heterocycles. The van der Waals surface area contributed by atoms with E-state index in [0.717, 1.165) is 22.5 Å². The number of carbonyl (C=O) groups is 2. The first-order chi connectivity index (χ1) is 11.6. The maximum atomic E-state index is 12.1. The summed E-state index contributed by atoms with van der Waals surface area (Å²) in [5.41, 5.74) is 1.74. The molecule has 0 bridgehead atoms. The number of hydrogen-bond donors (Lipinski definition) is 1. The van der Waals surface area contributed by atoms with Gasteiger partial charge in [-0.2, -0.15) is 0 Å². The minimum Gasteiger partial charge on any atom is -0.485 e. The fourth-order valence-electron chi connectivity index (χ4n) is 2.15. The molecule has 0 aliphatic carbocycles. The van der Waals surface area contributed by atoms with Gasteiger partial charge in [-0.05, 0) is 11.6 Å². The highest BCUT2D eigenvalue weighted by Gasteiger charge is 2.16. The van der Waals surface area contributed by atoms with Crippen LogP contribution in [0.4, 0.5) is 0 Å². The fourth-order valence-corrected chi connectivity index (χ4v) is 2.87. The largest absolute Gasteiger partial charge is 0.485 e. The van der Waals surface area contributed by atoms with Gasteiger partial charge in [-0.15, -0.1) is 11.3 Å². The van der Waals surface area contributed by atoms with Gasteiger partial charge in [0, 0.05) is 10.9 Å². The lowest BCUT2D eigenvalue weighted by Gasteiger charge is -2.10. The van der Waals surface area contributed by atoms with Crippen LogP contribution in [0.25, 0.3) is 11.1 Å². The van der Waals surface area contributed by atoms with Gasteiger partial charge in [0.25, 0.3) is 0 Å². The topological polar surface area (TPSA) is 76.5 Å². The van der Waals surface area contributed by atoms with Crippen molar-refractivity contribution in [2.24, 2.45) is 0 Å². The smallest absolute Gasteiger partial charge is 0.355 e. The van der Waals surface area contributed by atoms with Crippen LogP contribution in [0, 0.1) is 0 Å². The molecular formula is C18H13NO4S. The Morgan fingerprint density at radius 3 is 2.46 bits per heavy atom. The second-order valence-electron chi connectivity index (χ2n) is 4.92. The molecule has 0 saturated heterocycles. The van der Waals surface area contributed by atoms with Crippen LogP contribution in [0.5, 0.6) is 5.75 Å². The predicted molar refractivity (Wildman–Crippen MR) is 90.8 cm³/mol. The summed E-state index contributed by atoms with van der Waals surface area (Å²) in [5.74, 6) is -0.914. The molecule has 0 radical (unpaired) electrons. The minimum absolute atomic E-state index is 0.129. The first kappa shape index (κ1) is 15.9. The second kappa shape index (κ2) is 7.06. The van der Waals surface area contributed by atoms with Crippen molar-refractivity contribution in [1.82, 2.24) is 4.98 Å². The van der Waals surface area contributed by atoms with Crippen molar-refractivity contribution in [2.75, 3.05) is 6.61 Å². The number of aromatic carboxylic acids is 1. The molecule has 1 heterocycles. The molecule has 3 rings (SSSR count). The van der Waals surface area contributed by atoms with Gasteiger partial charge in [0.15, 0.2) is 17.3 Å². The van der Waals surface area contributed by atoms with E-state index in [2.05, 4.69) is 4.98 Å². The Hall–Kier alpha value is -2.99. The number of nitrogens with zero attached hydrogens (tertiary/aromatic N) is 1. The number of carboxylic acid groups (broad SMARTS) is 1. The zero-order valence-electron chi connectivity index (χ0n) is 12.5. The first-order valence-electron chi connectivity index (χ1n) is 7.14. The number of para-hydroxylation sites is 1. The molecule has 2 aromatic carbocycles. The van der Waals surface area contributed by atoms with Crippen LogP contribution in [0.15, 0.2) is 60.0 Å². The highest BCUT2D eigenvalue weighted by atomic mass is 32.1. The third kappa shape index (κ3) is 3.49. The number of Topliss-reactive ketones (excluding diaryl/α,β-unsaturated/α-hetero) is 1. The standard InChI is InChI=1S/C18H13NO4S/c20-15(17-19-14(11-24-17)18(21)22)10-23-16-9-5-4-8-13(16)12-6-2-1-3-7-12/h1-9,11H,10H2,(H,21,22). The molecule has 24 heavy (non-hydrogen) atoms. The average molecular weight is 339 g/mol. The summed E-state index contributed by atoms with van der Waals surface area (Å²) < 4.78 is 5.65. The number of ketones is 1. The van der Waals surface area contributed by atoms with Crippen molar-refractivity contribution in [3.8, 4) is 16.9 Å². The number of carbonyl (C=O) groups excluding carboxylic acids is 1. The number of hydrogen-bond acceptors (Lipinski definition) is 5. The van der Waals surface area contributed by atoms with Crippen molar-refractivity contribution >= 4 is 23.1 Å². The van der Waals surface area contributed by atoms with Gasteiger partial charge in [0.05, 0.1) is 0 Å². The molecule has 3 aromatic rings. The fraction of sp³-hybridized carbons (Fsp3) is 0.0556. The lowest BCUT2D eigenvalue weighted by atomic mass is 10.1. The van der Waals surface area contributed by atoms with E-state index in [4.69, 9.17) is 9.84 Å². The molecule has 0 spiro atoms. The van der Waals surface area contributed by atoms with E-state index in [-0.39, 0.29) is 23.1 Å². The lowest BCUT2D eigenvalue weighted by Crippen LogP contribution is -2.12. The van der Waals surface area contributed by atoms with E-state index < -0.39 is 5.97 Å². The van der Waals surface area contributed by atoms with Crippen LogP contribution >= 0.6 is 11.3 Å². The van der Waals surface area contributed by atoms with Gasteiger partial charge in [-0.3, -0.25) is 4.79 Å². The maximum Gasteiger partial charge on any atom is 0.355 e. The van der Waals surface area contributed by atoms with E-state index in [1.54, 1.807) is 6.07 Å². The molecule has 0 aliphatic rings. The summed E-state index contributed by atoms with van der Waals surface area (Å²) in [6.07, 6.45) is 0. The van der Waals surface area contributed by atoms with E-state index in [1.807, 2.05) is 48.5 Å². The summed E-state index contributed by atoms with van der Waals surface area (Å²) in [4.78, 5) is 26.7. The molecule has 0 saturated carbocycles. The predicted octanol–water partition coefficient (Wildman–Crippen LogP) is 3.77. The molecule has 120 valence electrons. The van der Waals surface area contributed by atoms with Crippen LogP contribution in [-0.2, 0) is 0 Å². The average Bonchev–Trinajstić information content (AvgIpc) is 3.11. The Kier molecular flexibility index (Phi) is 4.67. The van der Waals surface area contributed by atoms with Crippen molar-refractivity contribution in [2.45, 2.75) is 0 Å². The molecule has 0 amide bonds. The molecule has 1 N–H and O–H groups in total. The molecule has 5 nitrogen and oxygen atoms in total. The summed E-state index contributed by atoms with van der Waals surface area (Å²) in [5, 5.41) is 10.3. The summed E-state index contributed by atoms with van der Waals surface area (Å²) in [6.45, 7) is -0.198. The Morgan fingerprint density at radius 1 is 1.04 bits per heavy atom. The van der Waals surface area contributed by atoms with Crippen LogP contribution in [0.3, 0.4) is 0 Å². The van der Waals surface area contributed by atoms with Crippen LogP contribution in [0.2, 0.25) is 0 Å². The lowest BCUT2D eigenvalue weighted by molar-refractivity contribution is 0.0691. The second-order valence-corrected chi connectivity index (χ2v) is 5.78. The van der Waals surface area contributed by atoms with Crippen molar-refractivity contribution in [1.29, 1.82) is 0 Å². The summed E-state index contributed by atoms with van der Waals surface area (Å²) in [7, 11) is 0. The van der Waals surface area contributed by atoms with Gasteiger partial charge in [-0.25, -0.2) is 9.78 Å². The number of aromatic nitrogens is 1. The van der Waals surface area contributed by atoms with Crippen molar-refractivity contribution in [3.63, 3.8) is 0 Å². The van der Waals surface area contributed by atoms with Crippen molar-refractivity contribution < 1.29 is 19.4 Å². The number of ether oxygens (including phenoxy) is 1. The van der Waals surface area contributed by atoms with E-state index in [1.165, 1.54) is 5.38 Å². The molecule has 6 heteroatoms. The third-order valence-corrected chi connectivity index (χ3v) is 4.18. The highest BCUT2D eigenvalue weighted by Crippen LogP contribution is 2.29. The Labute approximate surface area is 142 Å². The first-order valence-corrected chi connectivity index (χ1v) is 8.02. The number of benzene rings is 2.